The van der Waals surface area contributed by atoms with Crippen LogP contribution in [0.1, 0.15) is 11.5 Å². The Morgan fingerprint density at radius 1 is 1.06 bits per heavy atom. The van der Waals surface area contributed by atoms with Crippen LogP contribution >= 0.6 is 11.6 Å². The summed E-state index contributed by atoms with van der Waals surface area (Å²) in [5.41, 5.74) is 9.64. The van der Waals surface area contributed by atoms with Gasteiger partial charge in [0, 0.05) is 31.2 Å². The highest BCUT2D eigenvalue weighted by Crippen LogP contribution is 2.30. The maximum Gasteiger partial charge on any atom is 0.260 e. The number of hydrogen-bond donors (Lipinski definition) is 1. The highest BCUT2D eigenvalue weighted by Gasteiger charge is 2.25. The molecule has 0 radical (unpaired) electrons. The first-order chi connectivity index (χ1) is 16.9. The minimum Gasteiger partial charge on any atom is -0.484 e. The van der Waals surface area contributed by atoms with E-state index in [9.17, 15) is 4.79 Å². The van der Waals surface area contributed by atoms with Gasteiger partial charge in [0.25, 0.3) is 5.91 Å². The summed E-state index contributed by atoms with van der Waals surface area (Å²) in [4.78, 5) is 30.2. The normalized spacial score (nSPS) is 13.9. The molecule has 1 aromatic carbocycles. The number of pyridine rings is 1. The Bertz CT molecular complexity index is 1360. The van der Waals surface area contributed by atoms with Gasteiger partial charge in [-0.05, 0) is 50.2 Å². The quantitative estimate of drug-likeness (QED) is 0.446. The van der Waals surface area contributed by atoms with Crippen LogP contribution in [0.4, 0.5) is 11.8 Å². The number of amides is 1. The minimum absolute atomic E-state index is 0.0344. The number of nitrogen functional groups attached to an aromatic ring is 1. The van der Waals surface area contributed by atoms with E-state index in [1.54, 1.807) is 29.2 Å². The number of piperazine rings is 1. The second kappa shape index (κ2) is 9.38. The zero-order valence-corrected chi connectivity index (χ0v) is 20.1. The van der Waals surface area contributed by atoms with Crippen LogP contribution in [0.2, 0.25) is 5.02 Å². The third-order valence-corrected chi connectivity index (χ3v) is 6.19. The lowest BCUT2D eigenvalue weighted by atomic mass is 10.1. The molecule has 10 nitrogen and oxygen atoms in total. The fraction of sp³-hybridized carbons (Fsp3) is 0.292. The molecule has 0 bridgehead atoms. The first-order valence-corrected chi connectivity index (χ1v) is 11.6. The van der Waals surface area contributed by atoms with Gasteiger partial charge in [-0.3, -0.25) is 4.79 Å². The smallest absolute Gasteiger partial charge is 0.260 e. The van der Waals surface area contributed by atoms with E-state index in [2.05, 4.69) is 20.0 Å². The van der Waals surface area contributed by atoms with Crippen molar-refractivity contribution in [3.05, 3.63) is 52.9 Å². The average Bonchev–Trinajstić information content (AvgIpc) is 3.20. The molecule has 11 heteroatoms. The summed E-state index contributed by atoms with van der Waals surface area (Å²) in [6, 6.07) is 10.7. The number of aryl methyl sites for hydroxylation is 2. The fourth-order valence-electron chi connectivity index (χ4n) is 4.16. The highest BCUT2D eigenvalue weighted by molar-refractivity contribution is 6.30. The monoisotopic (exact) mass is 493 g/mol. The number of aromatic nitrogens is 4. The predicted molar refractivity (Wildman–Crippen MR) is 132 cm³/mol. The van der Waals surface area contributed by atoms with Crippen LogP contribution in [0.15, 0.2) is 40.9 Å². The molecule has 180 valence electrons. The number of carbonyl (C=O) groups is 1. The number of ether oxygens (including phenoxy) is 1. The van der Waals surface area contributed by atoms with E-state index in [0.29, 0.717) is 59.6 Å². The van der Waals surface area contributed by atoms with E-state index < -0.39 is 0 Å². The molecule has 0 atom stereocenters. The van der Waals surface area contributed by atoms with Crippen LogP contribution in [0.3, 0.4) is 0 Å². The van der Waals surface area contributed by atoms with E-state index in [4.69, 9.17) is 31.6 Å². The number of benzene rings is 1. The maximum absolute atomic E-state index is 12.7. The van der Waals surface area contributed by atoms with Crippen molar-refractivity contribution >= 4 is 40.3 Å². The Morgan fingerprint density at radius 3 is 2.49 bits per heavy atom. The van der Waals surface area contributed by atoms with Gasteiger partial charge in [0.05, 0.1) is 22.5 Å². The SMILES string of the molecule is Cc1noc(C)c1-c1ccc2nc(N)nc(N3CCN(C(=O)COc4ccc(Cl)cc4)CC3)c2n1. The second-order valence-electron chi connectivity index (χ2n) is 8.28. The Balaban J connectivity index is 1.32. The molecular weight excluding hydrogens is 470 g/mol. The summed E-state index contributed by atoms with van der Waals surface area (Å²) in [5, 5.41) is 4.65. The molecule has 1 aliphatic rings. The number of hydrogen-bond acceptors (Lipinski definition) is 9. The number of nitrogens with zero attached hydrogens (tertiary/aromatic N) is 6. The zero-order valence-electron chi connectivity index (χ0n) is 19.4. The van der Waals surface area contributed by atoms with Gasteiger partial charge >= 0.3 is 0 Å². The van der Waals surface area contributed by atoms with Crippen molar-refractivity contribution < 1.29 is 14.1 Å². The van der Waals surface area contributed by atoms with E-state index in [-0.39, 0.29) is 18.5 Å². The van der Waals surface area contributed by atoms with Crippen LogP contribution in [-0.4, -0.2) is 63.7 Å². The lowest BCUT2D eigenvalue weighted by molar-refractivity contribution is -0.133. The van der Waals surface area contributed by atoms with Crippen LogP contribution < -0.4 is 15.4 Å². The Morgan fingerprint density at radius 2 is 1.80 bits per heavy atom. The minimum atomic E-state index is -0.0783. The summed E-state index contributed by atoms with van der Waals surface area (Å²) in [6.07, 6.45) is 0. The number of rotatable bonds is 5. The van der Waals surface area contributed by atoms with Crippen molar-refractivity contribution in [3.8, 4) is 17.0 Å². The van der Waals surface area contributed by atoms with Gasteiger partial charge in [-0.15, -0.1) is 0 Å². The molecule has 3 aromatic heterocycles. The van der Waals surface area contributed by atoms with Gasteiger partial charge in [-0.2, -0.15) is 4.98 Å². The molecule has 0 spiro atoms. The van der Waals surface area contributed by atoms with Crippen molar-refractivity contribution in [1.29, 1.82) is 0 Å². The summed E-state index contributed by atoms with van der Waals surface area (Å²) < 4.78 is 10.9. The molecule has 35 heavy (non-hydrogen) atoms. The van der Waals surface area contributed by atoms with Crippen molar-refractivity contribution in [2.45, 2.75) is 13.8 Å². The lowest BCUT2D eigenvalue weighted by Gasteiger charge is -2.35. The number of anilines is 2. The third-order valence-electron chi connectivity index (χ3n) is 5.94. The first-order valence-electron chi connectivity index (χ1n) is 11.2. The molecule has 1 saturated heterocycles. The Labute approximate surface area is 206 Å². The van der Waals surface area contributed by atoms with Crippen molar-refractivity contribution in [2.24, 2.45) is 0 Å². The van der Waals surface area contributed by atoms with Gasteiger partial charge in [0.15, 0.2) is 12.4 Å². The predicted octanol–water partition coefficient (Wildman–Crippen LogP) is 3.26. The van der Waals surface area contributed by atoms with Gasteiger partial charge in [0.2, 0.25) is 5.95 Å². The fourth-order valence-corrected chi connectivity index (χ4v) is 4.29. The van der Waals surface area contributed by atoms with Crippen molar-refractivity contribution in [3.63, 3.8) is 0 Å². The molecular formula is C24H24ClN7O3. The summed E-state index contributed by atoms with van der Waals surface area (Å²) in [7, 11) is 0. The van der Waals surface area contributed by atoms with Crippen LogP contribution in [-0.2, 0) is 4.79 Å². The molecule has 5 rings (SSSR count). The van der Waals surface area contributed by atoms with Gasteiger partial charge in [0.1, 0.15) is 17.0 Å². The van der Waals surface area contributed by atoms with E-state index in [1.165, 1.54) is 0 Å². The topological polar surface area (TPSA) is 124 Å². The van der Waals surface area contributed by atoms with Gasteiger partial charge in [-0.25, -0.2) is 9.97 Å². The molecule has 1 fully saturated rings. The first kappa shape index (κ1) is 22.9. The van der Waals surface area contributed by atoms with Crippen LogP contribution in [0.25, 0.3) is 22.3 Å². The summed E-state index contributed by atoms with van der Waals surface area (Å²) in [6.45, 7) is 5.91. The van der Waals surface area contributed by atoms with Crippen LogP contribution in [0.5, 0.6) is 5.75 Å². The number of fused-ring (bicyclic) bond motifs is 1. The average molecular weight is 494 g/mol. The van der Waals surface area contributed by atoms with Gasteiger partial charge < -0.3 is 24.8 Å². The van der Waals surface area contributed by atoms with Crippen LogP contribution in [0, 0.1) is 13.8 Å². The number of nitrogens with two attached hydrogens (primary N) is 1. The van der Waals surface area contributed by atoms with Crippen molar-refractivity contribution in [1.82, 2.24) is 25.0 Å². The Hall–Kier alpha value is -3.92. The molecule has 1 amide bonds. The number of carbonyl (C=O) groups excluding carboxylic acids is 1. The zero-order chi connectivity index (χ0) is 24.5. The molecule has 0 unspecified atom stereocenters. The highest BCUT2D eigenvalue weighted by atomic mass is 35.5. The molecule has 4 heterocycles. The molecule has 0 aliphatic carbocycles. The maximum atomic E-state index is 12.7. The summed E-state index contributed by atoms with van der Waals surface area (Å²) >= 11 is 5.89. The Kier molecular flexibility index (Phi) is 6.12. The number of halogens is 1. The van der Waals surface area contributed by atoms with Crippen molar-refractivity contribution in [2.75, 3.05) is 43.4 Å². The summed E-state index contributed by atoms with van der Waals surface area (Å²) in [5.74, 6) is 2.04. The van der Waals surface area contributed by atoms with Gasteiger partial charge in [-0.1, -0.05) is 16.8 Å². The third kappa shape index (κ3) is 4.69. The second-order valence-corrected chi connectivity index (χ2v) is 8.72. The molecule has 2 N–H and O–H groups in total. The van der Waals surface area contributed by atoms with E-state index >= 15 is 0 Å². The lowest BCUT2D eigenvalue weighted by Crippen LogP contribution is -2.50. The molecule has 1 aliphatic heterocycles. The largest absolute Gasteiger partial charge is 0.484 e. The molecule has 0 saturated carbocycles. The van der Waals surface area contributed by atoms with E-state index in [0.717, 1.165) is 17.0 Å². The van der Waals surface area contributed by atoms with E-state index in [1.807, 2.05) is 26.0 Å². The molecule has 4 aromatic rings. The standard InChI is InChI=1S/C24H24ClN7O3/c1-14-21(15(2)35-30-14)18-7-8-19-22(27-18)23(29-24(26)28-19)32-11-9-31(10-12-32)20(33)13-34-17-5-3-16(25)4-6-17/h3-8H,9-13H2,1-2H3,(H2,26,28,29).